The van der Waals surface area contributed by atoms with Gasteiger partial charge in [0.05, 0.1) is 7.11 Å². The van der Waals surface area contributed by atoms with E-state index in [1.165, 1.54) is 18.7 Å². The van der Waals surface area contributed by atoms with E-state index in [2.05, 4.69) is 40.9 Å². The van der Waals surface area contributed by atoms with E-state index in [9.17, 15) is 4.79 Å². The summed E-state index contributed by atoms with van der Waals surface area (Å²) in [5.74, 6) is -0.374. The molecule has 0 bridgehead atoms. The van der Waals surface area contributed by atoms with Crippen molar-refractivity contribution in [3.63, 3.8) is 0 Å². The second-order valence-corrected chi connectivity index (χ2v) is 4.23. The fraction of sp³-hybridized carbons (Fsp3) is 0.125. The lowest BCUT2D eigenvalue weighted by Gasteiger charge is -2.03. The predicted molar refractivity (Wildman–Crippen MR) is 75.5 cm³/mol. The van der Waals surface area contributed by atoms with E-state index in [1.807, 2.05) is 6.07 Å². The summed E-state index contributed by atoms with van der Waals surface area (Å²) in [6.07, 6.45) is 6.59. The number of aromatic nitrogens is 1. The Balaban J connectivity index is 2.26. The summed E-state index contributed by atoms with van der Waals surface area (Å²) < 4.78 is 4.55. The van der Waals surface area contributed by atoms with Crippen molar-refractivity contribution in [1.29, 1.82) is 0 Å². The Morgan fingerprint density at radius 2 is 1.89 bits per heavy atom. The number of methoxy groups -OCH3 is 1. The monoisotopic (exact) mass is 253 g/mol. The summed E-state index contributed by atoms with van der Waals surface area (Å²) >= 11 is 0. The molecule has 19 heavy (non-hydrogen) atoms. The maximum atomic E-state index is 11.0. The van der Waals surface area contributed by atoms with Crippen molar-refractivity contribution in [1.82, 2.24) is 4.98 Å². The Kier molecular flexibility index (Phi) is 4.08. The summed E-state index contributed by atoms with van der Waals surface area (Å²) in [5.41, 5.74) is 4.21. The highest BCUT2D eigenvalue weighted by atomic mass is 16.5. The van der Waals surface area contributed by atoms with Crippen LogP contribution in [-0.2, 0) is 9.53 Å². The molecule has 0 amide bonds. The highest BCUT2D eigenvalue weighted by Gasteiger charge is 1.99. The molecular formula is C16H15NO2. The van der Waals surface area contributed by atoms with Crippen LogP contribution < -0.4 is 0 Å². The van der Waals surface area contributed by atoms with Crippen LogP contribution in [0.25, 0.3) is 17.2 Å². The molecule has 0 saturated carbocycles. The number of rotatable bonds is 3. The molecule has 0 unspecified atom stereocenters. The first kappa shape index (κ1) is 13.0. The summed E-state index contributed by atoms with van der Waals surface area (Å²) in [4.78, 5) is 15.2. The highest BCUT2D eigenvalue weighted by molar-refractivity contribution is 5.87. The zero-order valence-electron chi connectivity index (χ0n) is 11.0. The van der Waals surface area contributed by atoms with E-state index < -0.39 is 0 Å². The quantitative estimate of drug-likeness (QED) is 0.622. The second kappa shape index (κ2) is 5.96. The Hall–Kier alpha value is -2.42. The van der Waals surface area contributed by atoms with Crippen LogP contribution in [0.4, 0.5) is 0 Å². The zero-order valence-corrected chi connectivity index (χ0v) is 11.0. The van der Waals surface area contributed by atoms with Crippen molar-refractivity contribution in [2.45, 2.75) is 6.92 Å². The number of pyridine rings is 1. The van der Waals surface area contributed by atoms with E-state index in [4.69, 9.17) is 0 Å². The number of carbonyl (C=O) groups is 1. The van der Waals surface area contributed by atoms with E-state index in [1.54, 1.807) is 18.5 Å². The normalized spacial score (nSPS) is 10.6. The Labute approximate surface area is 112 Å². The lowest BCUT2D eigenvalue weighted by molar-refractivity contribution is -0.134. The lowest BCUT2D eigenvalue weighted by Crippen LogP contribution is -1.93. The third-order valence-corrected chi connectivity index (χ3v) is 2.76. The molecule has 2 aromatic rings. The van der Waals surface area contributed by atoms with Crippen molar-refractivity contribution in [3.05, 3.63) is 59.9 Å². The van der Waals surface area contributed by atoms with Gasteiger partial charge in [0.2, 0.25) is 0 Å². The van der Waals surface area contributed by atoms with Crippen LogP contribution in [0.1, 0.15) is 11.1 Å². The number of ether oxygens (including phenoxy) is 1. The van der Waals surface area contributed by atoms with Gasteiger partial charge in [-0.2, -0.15) is 0 Å². The first-order chi connectivity index (χ1) is 9.19. The number of nitrogens with zero attached hydrogens (tertiary/aromatic N) is 1. The molecule has 0 aliphatic rings. The van der Waals surface area contributed by atoms with E-state index in [-0.39, 0.29) is 5.97 Å². The summed E-state index contributed by atoms with van der Waals surface area (Å²) in [6.45, 7) is 2.05. The van der Waals surface area contributed by atoms with Gasteiger partial charge in [-0.15, -0.1) is 0 Å². The van der Waals surface area contributed by atoms with Gasteiger partial charge in [-0.1, -0.05) is 29.8 Å². The average molecular weight is 253 g/mol. The van der Waals surface area contributed by atoms with Crippen LogP contribution in [0, 0.1) is 6.92 Å². The highest BCUT2D eigenvalue weighted by Crippen LogP contribution is 2.20. The SMILES string of the molecule is COC(=O)C=Cc1cncc(-c2ccc(C)cc2)c1. The molecule has 96 valence electrons. The van der Waals surface area contributed by atoms with Crippen molar-refractivity contribution < 1.29 is 9.53 Å². The molecule has 1 aromatic heterocycles. The Bertz CT molecular complexity index is 600. The fourth-order valence-corrected chi connectivity index (χ4v) is 1.69. The Morgan fingerprint density at radius 3 is 2.58 bits per heavy atom. The van der Waals surface area contributed by atoms with Crippen molar-refractivity contribution in [2.75, 3.05) is 7.11 Å². The van der Waals surface area contributed by atoms with Crippen molar-refractivity contribution in [3.8, 4) is 11.1 Å². The van der Waals surface area contributed by atoms with E-state index in [0.717, 1.165) is 16.7 Å². The van der Waals surface area contributed by atoms with Gasteiger partial charge < -0.3 is 4.74 Å². The molecule has 0 aliphatic heterocycles. The zero-order chi connectivity index (χ0) is 13.7. The summed E-state index contributed by atoms with van der Waals surface area (Å²) in [7, 11) is 1.35. The molecular weight excluding hydrogens is 238 g/mol. The largest absolute Gasteiger partial charge is 0.466 e. The summed E-state index contributed by atoms with van der Waals surface area (Å²) in [5, 5.41) is 0. The standard InChI is InChI=1S/C16H15NO2/c1-12-3-6-14(7-4-12)15-9-13(10-17-11-15)5-8-16(18)19-2/h3-11H,1-2H3. The van der Waals surface area contributed by atoms with Gasteiger partial charge in [-0.05, 0) is 30.2 Å². The number of carbonyl (C=O) groups excluding carboxylic acids is 1. The minimum atomic E-state index is -0.374. The molecule has 0 atom stereocenters. The van der Waals surface area contributed by atoms with Gasteiger partial charge >= 0.3 is 5.97 Å². The molecule has 0 aliphatic carbocycles. The average Bonchev–Trinajstić information content (AvgIpc) is 2.46. The third-order valence-electron chi connectivity index (χ3n) is 2.76. The molecule has 0 spiro atoms. The maximum Gasteiger partial charge on any atom is 0.330 e. The molecule has 1 aromatic carbocycles. The minimum Gasteiger partial charge on any atom is -0.466 e. The number of esters is 1. The van der Waals surface area contributed by atoms with Gasteiger partial charge in [0.25, 0.3) is 0 Å². The molecule has 0 radical (unpaired) electrons. The lowest BCUT2D eigenvalue weighted by atomic mass is 10.0. The van der Waals surface area contributed by atoms with Crippen molar-refractivity contribution >= 4 is 12.0 Å². The topological polar surface area (TPSA) is 39.2 Å². The van der Waals surface area contributed by atoms with Crippen LogP contribution in [0.15, 0.2) is 48.8 Å². The second-order valence-electron chi connectivity index (χ2n) is 4.23. The summed E-state index contributed by atoms with van der Waals surface area (Å²) in [6, 6.07) is 10.2. The first-order valence-corrected chi connectivity index (χ1v) is 5.97. The maximum absolute atomic E-state index is 11.0. The molecule has 0 saturated heterocycles. The number of benzene rings is 1. The van der Waals surface area contributed by atoms with E-state index >= 15 is 0 Å². The van der Waals surface area contributed by atoms with Gasteiger partial charge in [-0.25, -0.2) is 4.79 Å². The fourth-order valence-electron chi connectivity index (χ4n) is 1.69. The van der Waals surface area contributed by atoms with Crippen molar-refractivity contribution in [2.24, 2.45) is 0 Å². The Morgan fingerprint density at radius 1 is 1.16 bits per heavy atom. The predicted octanol–water partition coefficient (Wildman–Crippen LogP) is 3.24. The first-order valence-electron chi connectivity index (χ1n) is 5.97. The molecule has 0 N–H and O–H groups in total. The molecule has 2 rings (SSSR count). The van der Waals surface area contributed by atoms with Gasteiger partial charge in [0.1, 0.15) is 0 Å². The van der Waals surface area contributed by atoms with Gasteiger partial charge in [0, 0.05) is 24.0 Å². The van der Waals surface area contributed by atoms with Gasteiger partial charge in [0.15, 0.2) is 0 Å². The number of hydrogen-bond acceptors (Lipinski definition) is 3. The van der Waals surface area contributed by atoms with Crippen LogP contribution in [0.2, 0.25) is 0 Å². The van der Waals surface area contributed by atoms with Crippen LogP contribution in [0.3, 0.4) is 0 Å². The van der Waals surface area contributed by atoms with Gasteiger partial charge in [-0.3, -0.25) is 4.98 Å². The minimum absolute atomic E-state index is 0.374. The van der Waals surface area contributed by atoms with Crippen LogP contribution in [0.5, 0.6) is 0 Å². The number of aryl methyl sites for hydroxylation is 1. The third kappa shape index (κ3) is 3.52. The molecule has 0 fully saturated rings. The van der Waals surface area contributed by atoms with Crippen LogP contribution >= 0.6 is 0 Å². The molecule has 1 heterocycles. The van der Waals surface area contributed by atoms with E-state index in [0.29, 0.717) is 0 Å². The molecule has 3 heteroatoms. The number of hydrogen-bond donors (Lipinski definition) is 0. The van der Waals surface area contributed by atoms with Crippen LogP contribution in [-0.4, -0.2) is 18.1 Å². The smallest absolute Gasteiger partial charge is 0.330 e. The molecule has 3 nitrogen and oxygen atoms in total.